The third-order valence-corrected chi connectivity index (χ3v) is 3.63. The van der Waals surface area contributed by atoms with Gasteiger partial charge in [-0.15, -0.1) is 5.10 Å². The summed E-state index contributed by atoms with van der Waals surface area (Å²) in [5, 5.41) is 8.38. The van der Waals surface area contributed by atoms with Crippen molar-refractivity contribution in [1.82, 2.24) is 25.0 Å². The van der Waals surface area contributed by atoms with E-state index in [1.165, 1.54) is 5.56 Å². The average molecular weight is 309 g/mol. The molecule has 1 aromatic carbocycles. The van der Waals surface area contributed by atoms with Gasteiger partial charge in [0.15, 0.2) is 0 Å². The highest BCUT2D eigenvalue weighted by molar-refractivity contribution is 5.73. The Hall–Kier alpha value is -2.96. The molecule has 0 saturated carbocycles. The Morgan fingerprint density at radius 3 is 2.61 bits per heavy atom. The van der Waals surface area contributed by atoms with E-state index in [1.54, 1.807) is 4.68 Å². The Labute approximate surface area is 134 Å². The fourth-order valence-electron chi connectivity index (χ4n) is 2.49. The summed E-state index contributed by atoms with van der Waals surface area (Å²) in [6.07, 6.45) is 3.45. The van der Waals surface area contributed by atoms with Gasteiger partial charge >= 0.3 is 0 Å². The maximum absolute atomic E-state index is 6.00. The Balaban J connectivity index is 1.82. The van der Waals surface area contributed by atoms with Gasteiger partial charge in [-0.05, 0) is 18.4 Å². The van der Waals surface area contributed by atoms with Gasteiger partial charge in [-0.1, -0.05) is 42.5 Å². The van der Waals surface area contributed by atoms with Crippen LogP contribution in [0.4, 0.5) is 11.8 Å². The molecule has 7 nitrogen and oxygen atoms in total. The molecule has 0 fully saturated rings. The zero-order valence-electron chi connectivity index (χ0n) is 13.0. The third kappa shape index (κ3) is 3.28. The minimum atomic E-state index is 0.180. The number of hydrogen-bond acceptors (Lipinski definition) is 6. The molecule has 118 valence electrons. The molecular weight excluding hydrogens is 290 g/mol. The molecule has 0 radical (unpaired) electrons. The minimum Gasteiger partial charge on any atom is -0.383 e. The highest BCUT2D eigenvalue weighted by Crippen LogP contribution is 2.26. The van der Waals surface area contributed by atoms with Gasteiger partial charge in [0.1, 0.15) is 11.5 Å². The highest BCUT2D eigenvalue weighted by Gasteiger charge is 2.15. The summed E-state index contributed by atoms with van der Waals surface area (Å²) in [6.45, 7) is 2.73. The van der Waals surface area contributed by atoms with Crippen LogP contribution in [0.1, 0.15) is 18.2 Å². The van der Waals surface area contributed by atoms with Gasteiger partial charge in [0.05, 0.1) is 17.5 Å². The lowest BCUT2D eigenvalue weighted by molar-refractivity contribution is 0.589. The normalized spacial score (nSPS) is 10.8. The molecule has 23 heavy (non-hydrogen) atoms. The fraction of sp³-hybridized carbons (Fsp3) is 0.250. The molecule has 7 heteroatoms. The Kier molecular flexibility index (Phi) is 4.18. The third-order valence-electron chi connectivity index (χ3n) is 3.63. The van der Waals surface area contributed by atoms with Gasteiger partial charge in [0, 0.05) is 6.54 Å². The summed E-state index contributed by atoms with van der Waals surface area (Å²) < 4.78 is 1.80. The number of nitrogens with zero attached hydrogens (tertiary/aromatic N) is 5. The molecule has 2 heterocycles. The molecule has 0 aliphatic rings. The van der Waals surface area contributed by atoms with Crippen molar-refractivity contribution in [2.45, 2.75) is 26.3 Å². The van der Waals surface area contributed by atoms with Gasteiger partial charge in [-0.25, -0.2) is 4.98 Å². The van der Waals surface area contributed by atoms with Gasteiger partial charge in [-0.2, -0.15) is 4.98 Å². The number of rotatable bonds is 5. The van der Waals surface area contributed by atoms with Gasteiger partial charge in [0.25, 0.3) is 0 Å². The minimum absolute atomic E-state index is 0.180. The molecule has 3 rings (SSSR count). The molecule has 2 aromatic heterocycles. The summed E-state index contributed by atoms with van der Waals surface area (Å²) >= 11 is 0. The van der Waals surface area contributed by atoms with Crippen LogP contribution in [-0.2, 0) is 19.4 Å². The molecule has 0 aliphatic heterocycles. The SMILES string of the molecule is CCc1nc(N)nc(N)c1-c1cn(CCc2ccccc2)nn1. The van der Waals surface area contributed by atoms with Crippen LogP contribution in [0.5, 0.6) is 0 Å². The number of nitrogen functional groups attached to an aromatic ring is 2. The standard InChI is InChI=1S/C16H19N7/c1-2-12-14(15(17)20-16(18)19-12)13-10-23(22-21-13)9-8-11-6-4-3-5-7-11/h3-7,10H,2,8-9H2,1H3,(H4,17,18,19,20). The molecule has 0 bridgehead atoms. The molecule has 0 aliphatic carbocycles. The summed E-state index contributed by atoms with van der Waals surface area (Å²) in [5.41, 5.74) is 15.1. The average Bonchev–Trinajstić information content (AvgIpc) is 3.01. The van der Waals surface area contributed by atoms with Crippen LogP contribution >= 0.6 is 0 Å². The largest absolute Gasteiger partial charge is 0.383 e. The van der Waals surface area contributed by atoms with E-state index in [4.69, 9.17) is 11.5 Å². The van der Waals surface area contributed by atoms with Gasteiger partial charge in [0.2, 0.25) is 5.95 Å². The molecule has 0 spiro atoms. The predicted molar refractivity (Wildman–Crippen MR) is 89.4 cm³/mol. The summed E-state index contributed by atoms with van der Waals surface area (Å²) in [4.78, 5) is 8.27. The van der Waals surface area contributed by atoms with E-state index in [9.17, 15) is 0 Å². The van der Waals surface area contributed by atoms with Crippen LogP contribution in [-0.4, -0.2) is 25.0 Å². The van der Waals surface area contributed by atoms with Crippen molar-refractivity contribution in [2.24, 2.45) is 0 Å². The highest BCUT2D eigenvalue weighted by atomic mass is 15.4. The summed E-state index contributed by atoms with van der Waals surface area (Å²) in [7, 11) is 0. The van der Waals surface area contributed by atoms with Crippen LogP contribution in [0.2, 0.25) is 0 Å². The van der Waals surface area contributed by atoms with E-state index < -0.39 is 0 Å². The Bertz CT molecular complexity index is 795. The van der Waals surface area contributed by atoms with Crippen LogP contribution in [0.3, 0.4) is 0 Å². The topological polar surface area (TPSA) is 109 Å². The van der Waals surface area contributed by atoms with Crippen molar-refractivity contribution < 1.29 is 0 Å². The quantitative estimate of drug-likeness (QED) is 0.742. The molecule has 0 atom stereocenters. The zero-order valence-corrected chi connectivity index (χ0v) is 13.0. The predicted octanol–water partition coefficient (Wildman–Crippen LogP) is 1.70. The number of hydrogen-bond donors (Lipinski definition) is 2. The molecule has 0 amide bonds. The molecule has 4 N–H and O–H groups in total. The van der Waals surface area contributed by atoms with Gasteiger partial charge < -0.3 is 11.5 Å². The van der Waals surface area contributed by atoms with E-state index in [0.29, 0.717) is 23.5 Å². The second kappa shape index (κ2) is 6.43. The van der Waals surface area contributed by atoms with E-state index >= 15 is 0 Å². The lowest BCUT2D eigenvalue weighted by Crippen LogP contribution is -2.06. The second-order valence-corrected chi connectivity index (χ2v) is 5.24. The maximum atomic E-state index is 6.00. The first-order chi connectivity index (χ1) is 11.2. The molecule has 0 saturated heterocycles. The van der Waals surface area contributed by atoms with E-state index in [2.05, 4.69) is 32.4 Å². The molecule has 0 unspecified atom stereocenters. The number of anilines is 2. The van der Waals surface area contributed by atoms with Gasteiger partial charge in [-0.3, -0.25) is 4.68 Å². The van der Waals surface area contributed by atoms with Crippen LogP contribution < -0.4 is 11.5 Å². The lowest BCUT2D eigenvalue weighted by atomic mass is 10.1. The smallest absolute Gasteiger partial charge is 0.222 e. The van der Waals surface area contributed by atoms with Crippen molar-refractivity contribution in [3.05, 3.63) is 47.8 Å². The van der Waals surface area contributed by atoms with E-state index in [-0.39, 0.29) is 5.95 Å². The van der Waals surface area contributed by atoms with Crippen LogP contribution in [0, 0.1) is 0 Å². The molecular formula is C16H19N7. The van der Waals surface area contributed by atoms with E-state index in [1.807, 2.05) is 31.3 Å². The first-order valence-corrected chi connectivity index (χ1v) is 7.53. The number of aryl methyl sites for hydroxylation is 3. The summed E-state index contributed by atoms with van der Waals surface area (Å²) in [5.74, 6) is 0.518. The van der Waals surface area contributed by atoms with Crippen LogP contribution in [0.25, 0.3) is 11.3 Å². The lowest BCUT2D eigenvalue weighted by Gasteiger charge is -2.07. The summed E-state index contributed by atoms with van der Waals surface area (Å²) in [6, 6.07) is 10.3. The first-order valence-electron chi connectivity index (χ1n) is 7.53. The van der Waals surface area contributed by atoms with Crippen molar-refractivity contribution in [3.63, 3.8) is 0 Å². The van der Waals surface area contributed by atoms with Crippen LogP contribution in [0.15, 0.2) is 36.5 Å². The van der Waals surface area contributed by atoms with Crippen molar-refractivity contribution >= 4 is 11.8 Å². The number of benzene rings is 1. The van der Waals surface area contributed by atoms with E-state index in [0.717, 1.165) is 18.7 Å². The van der Waals surface area contributed by atoms with Crippen molar-refractivity contribution in [1.29, 1.82) is 0 Å². The van der Waals surface area contributed by atoms with Crippen molar-refractivity contribution in [3.8, 4) is 11.3 Å². The number of nitrogens with two attached hydrogens (primary N) is 2. The Morgan fingerprint density at radius 2 is 1.87 bits per heavy atom. The first kappa shape index (κ1) is 15.0. The molecule has 3 aromatic rings. The number of aromatic nitrogens is 5. The zero-order chi connectivity index (χ0) is 16.2. The Morgan fingerprint density at radius 1 is 1.09 bits per heavy atom. The second-order valence-electron chi connectivity index (χ2n) is 5.24. The monoisotopic (exact) mass is 309 g/mol. The fourth-order valence-corrected chi connectivity index (χ4v) is 2.49. The van der Waals surface area contributed by atoms with Crippen molar-refractivity contribution in [2.75, 3.05) is 11.5 Å². The maximum Gasteiger partial charge on any atom is 0.222 e.